The van der Waals surface area contributed by atoms with Gasteiger partial charge in [0, 0.05) is 18.7 Å². The number of hydrogen-bond donors (Lipinski definition) is 2. The van der Waals surface area contributed by atoms with E-state index in [0.29, 0.717) is 24.8 Å². The summed E-state index contributed by atoms with van der Waals surface area (Å²) in [5, 5.41) is 15.4. The Balaban J connectivity index is 2.02. The summed E-state index contributed by atoms with van der Waals surface area (Å²) in [6, 6.07) is 9.58. The van der Waals surface area contributed by atoms with E-state index < -0.39 is 0 Å². The Morgan fingerprint density at radius 1 is 1.25 bits per heavy atom. The van der Waals surface area contributed by atoms with E-state index in [1.54, 1.807) is 0 Å². The second-order valence-electron chi connectivity index (χ2n) is 3.29. The maximum atomic E-state index is 8.62. The Labute approximate surface area is 93.1 Å². The molecular weight excluding hydrogens is 206 g/mol. The first-order valence-electron chi connectivity index (χ1n) is 5.14. The first-order chi connectivity index (χ1) is 7.90. The first kappa shape index (κ1) is 10.6. The van der Waals surface area contributed by atoms with Crippen LogP contribution in [0.1, 0.15) is 6.42 Å². The normalized spacial score (nSPS) is 10.3. The molecule has 0 radical (unpaired) electrons. The van der Waals surface area contributed by atoms with E-state index in [-0.39, 0.29) is 6.61 Å². The van der Waals surface area contributed by atoms with Crippen molar-refractivity contribution in [3.8, 4) is 11.5 Å². The lowest BCUT2D eigenvalue weighted by Gasteiger charge is -1.96. The lowest BCUT2D eigenvalue weighted by atomic mass is 10.2. The topological polar surface area (TPSA) is 71.2 Å². The molecule has 0 atom stereocenters. The molecule has 2 aromatic rings. The highest BCUT2D eigenvalue weighted by atomic mass is 16.5. The van der Waals surface area contributed by atoms with Crippen molar-refractivity contribution in [1.82, 2.24) is 10.1 Å². The highest BCUT2D eigenvalue weighted by Crippen LogP contribution is 2.17. The van der Waals surface area contributed by atoms with Gasteiger partial charge in [-0.25, -0.2) is 0 Å². The van der Waals surface area contributed by atoms with Gasteiger partial charge in [-0.15, -0.1) is 0 Å². The minimum absolute atomic E-state index is 0.149. The second kappa shape index (κ2) is 5.27. The number of aromatic nitrogens is 2. The zero-order chi connectivity index (χ0) is 11.2. The summed E-state index contributed by atoms with van der Waals surface area (Å²) in [6.07, 6.45) is 0.662. The molecule has 2 rings (SSSR count). The standard InChI is InChI=1S/C11H13N3O2/c15-8-4-7-12-11-13-10(16-14-11)9-5-2-1-3-6-9/h1-3,5-6,15H,4,7-8H2,(H,12,14). The smallest absolute Gasteiger partial charge is 0.263 e. The average molecular weight is 219 g/mol. The van der Waals surface area contributed by atoms with Crippen molar-refractivity contribution < 1.29 is 9.63 Å². The van der Waals surface area contributed by atoms with Gasteiger partial charge in [-0.05, 0) is 23.7 Å². The van der Waals surface area contributed by atoms with Crippen LogP contribution in [0.5, 0.6) is 0 Å². The highest BCUT2D eigenvalue weighted by Gasteiger charge is 2.06. The van der Waals surface area contributed by atoms with Gasteiger partial charge in [0.1, 0.15) is 0 Å². The number of benzene rings is 1. The van der Waals surface area contributed by atoms with Crippen LogP contribution in [0.25, 0.3) is 11.5 Å². The van der Waals surface area contributed by atoms with Crippen molar-refractivity contribution in [1.29, 1.82) is 0 Å². The minimum Gasteiger partial charge on any atom is -0.396 e. The fraction of sp³-hybridized carbons (Fsp3) is 0.273. The molecule has 5 heteroatoms. The summed E-state index contributed by atoms with van der Waals surface area (Å²) < 4.78 is 5.10. The van der Waals surface area contributed by atoms with E-state index >= 15 is 0 Å². The van der Waals surface area contributed by atoms with Crippen molar-refractivity contribution >= 4 is 5.95 Å². The van der Waals surface area contributed by atoms with Crippen LogP contribution in [0, 0.1) is 0 Å². The molecule has 0 aliphatic heterocycles. The van der Waals surface area contributed by atoms with Crippen LogP contribution in [0.3, 0.4) is 0 Å². The third kappa shape index (κ3) is 2.58. The fourth-order valence-electron chi connectivity index (χ4n) is 1.27. The molecule has 16 heavy (non-hydrogen) atoms. The van der Waals surface area contributed by atoms with E-state index in [4.69, 9.17) is 9.63 Å². The van der Waals surface area contributed by atoms with Crippen molar-refractivity contribution in [2.45, 2.75) is 6.42 Å². The third-order valence-corrected chi connectivity index (χ3v) is 2.06. The number of nitrogens with zero attached hydrogens (tertiary/aromatic N) is 2. The minimum atomic E-state index is 0.149. The van der Waals surface area contributed by atoms with Gasteiger partial charge >= 0.3 is 0 Å². The van der Waals surface area contributed by atoms with Gasteiger partial charge in [0.25, 0.3) is 11.8 Å². The summed E-state index contributed by atoms with van der Waals surface area (Å²) in [7, 11) is 0. The fourth-order valence-corrected chi connectivity index (χ4v) is 1.27. The second-order valence-corrected chi connectivity index (χ2v) is 3.29. The third-order valence-electron chi connectivity index (χ3n) is 2.06. The van der Waals surface area contributed by atoms with Gasteiger partial charge in [-0.3, -0.25) is 0 Å². The summed E-state index contributed by atoms with van der Waals surface area (Å²) in [4.78, 5) is 4.18. The van der Waals surface area contributed by atoms with Gasteiger partial charge in [-0.2, -0.15) is 4.98 Å². The van der Waals surface area contributed by atoms with E-state index in [2.05, 4.69) is 15.5 Å². The zero-order valence-electron chi connectivity index (χ0n) is 8.76. The molecule has 0 aliphatic rings. The molecule has 1 aromatic carbocycles. The Morgan fingerprint density at radius 2 is 2.06 bits per heavy atom. The highest BCUT2D eigenvalue weighted by molar-refractivity contribution is 5.53. The monoisotopic (exact) mass is 219 g/mol. The average Bonchev–Trinajstić information content (AvgIpc) is 2.79. The Kier molecular flexibility index (Phi) is 3.50. The number of rotatable bonds is 5. The van der Waals surface area contributed by atoms with Gasteiger partial charge in [0.05, 0.1) is 0 Å². The number of anilines is 1. The van der Waals surface area contributed by atoms with Crippen LogP contribution in [-0.4, -0.2) is 28.4 Å². The lowest BCUT2D eigenvalue weighted by Crippen LogP contribution is -2.04. The quantitative estimate of drug-likeness (QED) is 0.746. The molecular formula is C11H13N3O2. The number of aliphatic hydroxyl groups excluding tert-OH is 1. The lowest BCUT2D eigenvalue weighted by molar-refractivity contribution is 0.292. The van der Waals surface area contributed by atoms with Crippen LogP contribution < -0.4 is 5.32 Å². The molecule has 2 N–H and O–H groups in total. The maximum absolute atomic E-state index is 8.62. The molecule has 84 valence electrons. The van der Waals surface area contributed by atoms with Crippen molar-refractivity contribution in [2.24, 2.45) is 0 Å². The van der Waals surface area contributed by atoms with E-state index in [1.165, 1.54) is 0 Å². The Hall–Kier alpha value is -1.88. The van der Waals surface area contributed by atoms with Gasteiger partial charge in [0.15, 0.2) is 0 Å². The van der Waals surface area contributed by atoms with Crippen LogP contribution in [0.4, 0.5) is 5.95 Å². The molecule has 0 spiro atoms. The van der Waals surface area contributed by atoms with Crippen LogP contribution in [0.2, 0.25) is 0 Å². The summed E-state index contributed by atoms with van der Waals surface area (Å²) in [5.74, 6) is 0.944. The van der Waals surface area contributed by atoms with Crippen molar-refractivity contribution in [3.05, 3.63) is 30.3 Å². The molecule has 1 aromatic heterocycles. The number of hydrogen-bond acceptors (Lipinski definition) is 5. The SMILES string of the molecule is OCCCNc1noc(-c2ccccc2)n1. The largest absolute Gasteiger partial charge is 0.396 e. The van der Waals surface area contributed by atoms with E-state index in [1.807, 2.05) is 30.3 Å². The van der Waals surface area contributed by atoms with Crippen molar-refractivity contribution in [3.63, 3.8) is 0 Å². The molecule has 0 fully saturated rings. The Bertz CT molecular complexity index is 428. The predicted octanol–water partition coefficient (Wildman–Crippen LogP) is 1.53. The Morgan fingerprint density at radius 3 is 2.81 bits per heavy atom. The molecule has 0 aliphatic carbocycles. The van der Waals surface area contributed by atoms with Crippen LogP contribution in [-0.2, 0) is 0 Å². The molecule has 0 bridgehead atoms. The van der Waals surface area contributed by atoms with E-state index in [0.717, 1.165) is 5.56 Å². The van der Waals surface area contributed by atoms with Gasteiger partial charge in [-0.1, -0.05) is 18.2 Å². The van der Waals surface area contributed by atoms with Crippen LogP contribution >= 0.6 is 0 Å². The molecule has 0 amide bonds. The van der Waals surface area contributed by atoms with E-state index in [9.17, 15) is 0 Å². The summed E-state index contributed by atoms with van der Waals surface area (Å²) in [6.45, 7) is 0.778. The zero-order valence-corrected chi connectivity index (χ0v) is 8.76. The maximum Gasteiger partial charge on any atom is 0.263 e. The molecule has 1 heterocycles. The summed E-state index contributed by atoms with van der Waals surface area (Å²) in [5.41, 5.74) is 0.894. The number of aliphatic hydroxyl groups is 1. The summed E-state index contributed by atoms with van der Waals surface area (Å²) >= 11 is 0. The van der Waals surface area contributed by atoms with Crippen LogP contribution in [0.15, 0.2) is 34.9 Å². The number of nitrogens with one attached hydrogen (secondary N) is 1. The molecule has 0 saturated heterocycles. The molecule has 0 unspecified atom stereocenters. The first-order valence-corrected chi connectivity index (χ1v) is 5.14. The predicted molar refractivity (Wildman–Crippen MR) is 59.9 cm³/mol. The van der Waals surface area contributed by atoms with Gasteiger partial charge in [0.2, 0.25) is 0 Å². The molecule has 0 saturated carbocycles. The van der Waals surface area contributed by atoms with Gasteiger partial charge < -0.3 is 14.9 Å². The van der Waals surface area contributed by atoms with Crippen molar-refractivity contribution in [2.75, 3.05) is 18.5 Å². The molecule has 5 nitrogen and oxygen atoms in total.